The Morgan fingerprint density at radius 3 is 2.44 bits per heavy atom. The van der Waals surface area contributed by atoms with Gasteiger partial charge < -0.3 is 10.1 Å². The van der Waals surface area contributed by atoms with Gasteiger partial charge in [-0.15, -0.1) is 0 Å². The molecule has 1 saturated heterocycles. The first-order chi connectivity index (χ1) is 12.0. The van der Waals surface area contributed by atoms with Crippen LogP contribution in [0.4, 0.5) is 0 Å². The maximum absolute atomic E-state index is 12.3. The van der Waals surface area contributed by atoms with E-state index in [-0.39, 0.29) is 23.4 Å². The summed E-state index contributed by atoms with van der Waals surface area (Å²) in [5, 5.41) is 2.87. The minimum absolute atomic E-state index is 0.0171. The monoisotopic (exact) mass is 360 g/mol. The molecule has 3 rings (SSSR count). The molecule has 2 aromatic rings. The van der Waals surface area contributed by atoms with Crippen molar-refractivity contribution in [3.05, 3.63) is 65.7 Å². The highest BCUT2D eigenvalue weighted by Gasteiger charge is 2.19. The fourth-order valence-electron chi connectivity index (χ4n) is 2.56. The Morgan fingerprint density at radius 1 is 1.08 bits per heavy atom. The molecule has 2 N–H and O–H groups in total. The molecule has 1 fully saturated rings. The van der Waals surface area contributed by atoms with Crippen LogP contribution in [0.25, 0.3) is 0 Å². The van der Waals surface area contributed by atoms with E-state index in [0.717, 1.165) is 12.0 Å². The van der Waals surface area contributed by atoms with E-state index in [0.29, 0.717) is 18.8 Å². The van der Waals surface area contributed by atoms with Gasteiger partial charge >= 0.3 is 0 Å². The molecule has 7 heteroatoms. The summed E-state index contributed by atoms with van der Waals surface area (Å²) in [6.07, 6.45) is 0.793. The number of hydrogen-bond donors (Lipinski definition) is 2. The number of sulfonamides is 1. The molecule has 1 amide bonds. The molecule has 0 aliphatic carbocycles. The largest absolute Gasteiger partial charge is 0.379 e. The van der Waals surface area contributed by atoms with E-state index >= 15 is 0 Å². The topological polar surface area (TPSA) is 84.5 Å². The predicted molar refractivity (Wildman–Crippen MR) is 93.6 cm³/mol. The molecule has 1 aliphatic rings. The van der Waals surface area contributed by atoms with Crippen LogP contribution < -0.4 is 10.0 Å². The molecule has 1 atom stereocenters. The Balaban J connectivity index is 1.63. The quantitative estimate of drug-likeness (QED) is 0.821. The highest BCUT2D eigenvalue weighted by atomic mass is 32.2. The van der Waals surface area contributed by atoms with Crippen molar-refractivity contribution in [3.8, 4) is 0 Å². The van der Waals surface area contributed by atoms with Gasteiger partial charge in [0.1, 0.15) is 0 Å². The zero-order valence-corrected chi connectivity index (χ0v) is 14.5. The van der Waals surface area contributed by atoms with Crippen LogP contribution in [0, 0.1) is 0 Å². The maximum Gasteiger partial charge on any atom is 0.251 e. The molecule has 1 aliphatic heterocycles. The second-order valence-electron chi connectivity index (χ2n) is 5.87. The molecule has 0 spiro atoms. The highest BCUT2D eigenvalue weighted by Crippen LogP contribution is 2.12. The normalized spacial score (nSPS) is 17.4. The molecular weight excluding hydrogens is 340 g/mol. The molecule has 1 heterocycles. The van der Waals surface area contributed by atoms with Gasteiger partial charge in [-0.3, -0.25) is 4.79 Å². The number of carbonyl (C=O) groups is 1. The Kier molecular flexibility index (Phi) is 5.47. The second-order valence-corrected chi connectivity index (χ2v) is 7.64. The number of nitrogens with one attached hydrogen (secondary N) is 2. The standard InChI is InChI=1S/C18H20N2O4S/c21-18(20-16-10-11-24-13-16)15-6-8-17(9-7-15)25(22,23)19-12-14-4-2-1-3-5-14/h1-9,16,19H,10-13H2,(H,20,21)/t16-/m0/s1. The van der Waals surface area contributed by atoms with E-state index < -0.39 is 10.0 Å². The Morgan fingerprint density at radius 2 is 1.80 bits per heavy atom. The lowest BCUT2D eigenvalue weighted by Gasteiger charge is -2.11. The summed E-state index contributed by atoms with van der Waals surface area (Å²) in [4.78, 5) is 12.3. The zero-order chi connectivity index (χ0) is 17.7. The maximum atomic E-state index is 12.3. The van der Waals surface area contributed by atoms with Crippen LogP contribution in [-0.4, -0.2) is 33.6 Å². The fraction of sp³-hybridized carbons (Fsp3) is 0.278. The van der Waals surface area contributed by atoms with Gasteiger partial charge in [0.05, 0.1) is 17.5 Å². The molecule has 0 unspecified atom stereocenters. The second kappa shape index (κ2) is 7.77. The predicted octanol–water partition coefficient (Wildman–Crippen LogP) is 1.68. The first-order valence-electron chi connectivity index (χ1n) is 8.07. The molecule has 0 aromatic heterocycles. The minimum atomic E-state index is -3.63. The summed E-state index contributed by atoms with van der Waals surface area (Å²) in [5.41, 5.74) is 1.30. The summed E-state index contributed by atoms with van der Waals surface area (Å²) in [6.45, 7) is 1.38. The van der Waals surface area contributed by atoms with Gasteiger partial charge in [-0.05, 0) is 36.2 Å². The van der Waals surface area contributed by atoms with Crippen molar-refractivity contribution in [3.63, 3.8) is 0 Å². The molecular formula is C18H20N2O4S. The van der Waals surface area contributed by atoms with Crippen molar-refractivity contribution in [2.45, 2.75) is 23.9 Å². The first kappa shape index (κ1) is 17.6. The van der Waals surface area contributed by atoms with Crippen molar-refractivity contribution >= 4 is 15.9 Å². The highest BCUT2D eigenvalue weighted by molar-refractivity contribution is 7.89. The lowest BCUT2D eigenvalue weighted by Crippen LogP contribution is -2.35. The average molecular weight is 360 g/mol. The molecule has 132 valence electrons. The lowest BCUT2D eigenvalue weighted by atomic mass is 10.2. The van der Waals surface area contributed by atoms with Crippen molar-refractivity contribution in [1.29, 1.82) is 0 Å². The van der Waals surface area contributed by atoms with Crippen LogP contribution in [-0.2, 0) is 21.3 Å². The van der Waals surface area contributed by atoms with Crippen LogP contribution in [0.15, 0.2) is 59.5 Å². The molecule has 25 heavy (non-hydrogen) atoms. The minimum Gasteiger partial charge on any atom is -0.379 e. The summed E-state index contributed by atoms with van der Waals surface area (Å²) in [5.74, 6) is -0.225. The van der Waals surface area contributed by atoms with E-state index in [1.165, 1.54) is 24.3 Å². The van der Waals surface area contributed by atoms with Crippen LogP contribution in [0.5, 0.6) is 0 Å². The SMILES string of the molecule is O=C(N[C@H]1CCOC1)c1ccc(S(=O)(=O)NCc2ccccc2)cc1. The van der Waals surface area contributed by atoms with Gasteiger partial charge in [0.15, 0.2) is 0 Å². The van der Waals surface area contributed by atoms with Crippen LogP contribution >= 0.6 is 0 Å². The van der Waals surface area contributed by atoms with Gasteiger partial charge in [0.25, 0.3) is 5.91 Å². The molecule has 6 nitrogen and oxygen atoms in total. The zero-order valence-electron chi connectivity index (χ0n) is 13.6. The number of hydrogen-bond acceptors (Lipinski definition) is 4. The lowest BCUT2D eigenvalue weighted by molar-refractivity contribution is 0.0930. The number of benzene rings is 2. The molecule has 0 radical (unpaired) electrons. The summed E-state index contributed by atoms with van der Waals surface area (Å²) < 4.78 is 32.4. The first-order valence-corrected chi connectivity index (χ1v) is 9.55. The Hall–Kier alpha value is -2.22. The van der Waals surface area contributed by atoms with Gasteiger partial charge in [-0.1, -0.05) is 30.3 Å². The number of carbonyl (C=O) groups excluding carboxylic acids is 1. The molecule has 0 saturated carbocycles. The third-order valence-corrected chi connectivity index (χ3v) is 5.42. The summed E-state index contributed by atoms with van der Waals surface area (Å²) in [6, 6.07) is 15.2. The van der Waals surface area contributed by atoms with Crippen molar-refractivity contribution in [2.24, 2.45) is 0 Å². The Labute approximate surface area is 147 Å². The van der Waals surface area contributed by atoms with E-state index in [1.54, 1.807) is 0 Å². The van der Waals surface area contributed by atoms with Gasteiger partial charge in [0.2, 0.25) is 10.0 Å². The van der Waals surface area contributed by atoms with Crippen LogP contribution in [0.2, 0.25) is 0 Å². The average Bonchev–Trinajstić information content (AvgIpc) is 3.14. The molecule has 2 aromatic carbocycles. The van der Waals surface area contributed by atoms with Crippen molar-refractivity contribution in [2.75, 3.05) is 13.2 Å². The van der Waals surface area contributed by atoms with E-state index in [4.69, 9.17) is 4.74 Å². The number of rotatable bonds is 6. The number of amides is 1. The fourth-order valence-corrected chi connectivity index (χ4v) is 3.58. The third-order valence-electron chi connectivity index (χ3n) is 4.00. The third kappa shape index (κ3) is 4.66. The smallest absolute Gasteiger partial charge is 0.251 e. The van der Waals surface area contributed by atoms with E-state index in [2.05, 4.69) is 10.0 Å². The van der Waals surface area contributed by atoms with Gasteiger partial charge in [-0.25, -0.2) is 13.1 Å². The Bertz CT molecular complexity index is 814. The number of ether oxygens (including phenoxy) is 1. The van der Waals surface area contributed by atoms with E-state index in [9.17, 15) is 13.2 Å². The van der Waals surface area contributed by atoms with Gasteiger partial charge in [0, 0.05) is 18.7 Å². The summed E-state index contributed by atoms with van der Waals surface area (Å²) in [7, 11) is -3.63. The van der Waals surface area contributed by atoms with Gasteiger partial charge in [-0.2, -0.15) is 0 Å². The van der Waals surface area contributed by atoms with Crippen molar-refractivity contribution in [1.82, 2.24) is 10.0 Å². The van der Waals surface area contributed by atoms with Crippen LogP contribution in [0.1, 0.15) is 22.3 Å². The van der Waals surface area contributed by atoms with Crippen LogP contribution in [0.3, 0.4) is 0 Å². The van der Waals surface area contributed by atoms with Crippen molar-refractivity contribution < 1.29 is 17.9 Å². The molecule has 0 bridgehead atoms. The van der Waals surface area contributed by atoms with E-state index in [1.807, 2.05) is 30.3 Å². The summed E-state index contributed by atoms with van der Waals surface area (Å²) >= 11 is 0.